The normalized spacial score (nSPS) is 21.0. The Morgan fingerprint density at radius 3 is 2.07 bits per heavy atom. The van der Waals surface area contributed by atoms with Crippen molar-refractivity contribution in [2.75, 3.05) is 44.6 Å². The molecule has 7 nitrogen and oxygen atoms in total. The highest BCUT2D eigenvalue weighted by Gasteiger charge is 2.41. The first-order chi connectivity index (χ1) is 19.2. The highest BCUT2D eigenvalue weighted by Crippen LogP contribution is 2.35. The number of likely N-dealkylation sites (tertiary alicyclic amines) is 3. The Labute approximate surface area is 262 Å². The van der Waals surface area contributed by atoms with Gasteiger partial charge in [0.1, 0.15) is 11.6 Å². The Hall–Kier alpha value is -2.11. The van der Waals surface area contributed by atoms with Crippen LogP contribution in [0.15, 0.2) is 30.3 Å². The molecule has 0 spiro atoms. The van der Waals surface area contributed by atoms with Gasteiger partial charge in [-0.15, -0.1) is 0 Å². The van der Waals surface area contributed by atoms with E-state index in [0.717, 1.165) is 50.2 Å². The van der Waals surface area contributed by atoms with E-state index in [9.17, 15) is 23.5 Å². The number of benzene rings is 2. The number of hydrogen-bond donors (Lipinski definition) is 2. The number of carbonyl (C=O) groups is 2. The molecule has 3 fully saturated rings. The number of carbonyl (C=O) groups excluding carboxylic acids is 2. The molecule has 0 aromatic heterocycles. The van der Waals surface area contributed by atoms with Crippen LogP contribution in [0.2, 0.25) is 10.0 Å². The van der Waals surface area contributed by atoms with Crippen LogP contribution in [0.3, 0.4) is 0 Å². The Bertz CT molecular complexity index is 1300. The summed E-state index contributed by atoms with van der Waals surface area (Å²) in [6, 6.07) is 6.66. The molecule has 1 atom stereocenters. The fourth-order valence-electron chi connectivity index (χ4n) is 6.14. The number of anilines is 1. The van der Waals surface area contributed by atoms with Gasteiger partial charge in [0.05, 0.1) is 21.7 Å². The van der Waals surface area contributed by atoms with E-state index in [4.69, 9.17) is 23.2 Å². The van der Waals surface area contributed by atoms with E-state index in [0.29, 0.717) is 47.9 Å². The Morgan fingerprint density at radius 2 is 1.55 bits per heavy atom. The van der Waals surface area contributed by atoms with Crippen molar-refractivity contribution in [3.8, 4) is 0 Å². The lowest BCUT2D eigenvalue weighted by Crippen LogP contribution is -2.61. The summed E-state index contributed by atoms with van der Waals surface area (Å²) in [7, 11) is 0. The van der Waals surface area contributed by atoms with Gasteiger partial charge >= 0.3 is 0 Å². The largest absolute Gasteiger partial charge is 0.380 e. The molecule has 5 rings (SSSR count). The van der Waals surface area contributed by atoms with Crippen molar-refractivity contribution in [2.45, 2.75) is 57.7 Å². The molecule has 0 saturated carbocycles. The molecular formula is C30H38Cl2F2N4O3S. The molecule has 0 bridgehead atoms. The van der Waals surface area contributed by atoms with Crippen molar-refractivity contribution >= 4 is 54.2 Å². The van der Waals surface area contributed by atoms with Gasteiger partial charge in [0.15, 0.2) is 5.60 Å². The number of amides is 2. The summed E-state index contributed by atoms with van der Waals surface area (Å²) in [5, 5.41) is 15.0. The van der Waals surface area contributed by atoms with Gasteiger partial charge < -0.3 is 20.2 Å². The molecule has 0 aliphatic carbocycles. The average Bonchev–Trinajstić information content (AvgIpc) is 3.24. The van der Waals surface area contributed by atoms with E-state index in [1.54, 1.807) is 17.0 Å². The molecule has 3 saturated heterocycles. The first kappa shape index (κ1) is 32.8. The summed E-state index contributed by atoms with van der Waals surface area (Å²) in [5.41, 5.74) is -0.929. The Morgan fingerprint density at radius 1 is 0.976 bits per heavy atom. The molecule has 3 aliphatic heterocycles. The second-order valence-corrected chi connectivity index (χ2v) is 13.3. The Kier molecular flexibility index (Phi) is 9.74. The molecule has 230 valence electrons. The first-order valence-electron chi connectivity index (χ1n) is 14.0. The van der Waals surface area contributed by atoms with Crippen LogP contribution in [0.4, 0.5) is 14.5 Å². The van der Waals surface area contributed by atoms with E-state index in [2.05, 4.69) is 24.1 Å². The minimum absolute atomic E-state index is 0. The third-order valence-corrected chi connectivity index (χ3v) is 9.21. The predicted octanol–water partition coefficient (Wildman–Crippen LogP) is 5.25. The summed E-state index contributed by atoms with van der Waals surface area (Å²) >= 11 is 13.1. The zero-order chi connectivity index (χ0) is 29.7. The van der Waals surface area contributed by atoms with Crippen molar-refractivity contribution in [2.24, 2.45) is 5.41 Å². The second-order valence-electron chi connectivity index (χ2n) is 12.5. The maximum absolute atomic E-state index is 13.7. The molecule has 0 radical (unpaired) electrons. The van der Waals surface area contributed by atoms with Gasteiger partial charge in [-0.2, -0.15) is 13.5 Å². The lowest BCUT2D eigenvalue weighted by Gasteiger charge is -2.48. The number of aliphatic hydroxyl groups is 1. The van der Waals surface area contributed by atoms with E-state index in [-0.39, 0.29) is 42.5 Å². The summed E-state index contributed by atoms with van der Waals surface area (Å²) in [5.74, 6) is -2.38. The SMILES string of the molecule is CC1(C)CCN(C(=O)c2c(Cl)cc(NC3CN(C4CCN(C(=O)[C@@](C)(O)c5cc(F)cc(F)c5)CC4)C3)cc2Cl)C1.S. The second kappa shape index (κ2) is 12.5. The predicted molar refractivity (Wildman–Crippen MR) is 166 cm³/mol. The van der Waals surface area contributed by atoms with Gasteiger partial charge in [0, 0.05) is 57.1 Å². The van der Waals surface area contributed by atoms with Crippen LogP contribution in [0.5, 0.6) is 0 Å². The number of nitrogens with zero attached hydrogens (tertiary/aromatic N) is 3. The first-order valence-corrected chi connectivity index (χ1v) is 14.8. The van der Waals surface area contributed by atoms with Gasteiger partial charge in [-0.05, 0) is 61.4 Å². The van der Waals surface area contributed by atoms with Gasteiger partial charge in [-0.25, -0.2) is 8.78 Å². The quantitative estimate of drug-likeness (QED) is 0.450. The zero-order valence-corrected chi connectivity index (χ0v) is 26.5. The topological polar surface area (TPSA) is 76.1 Å². The molecule has 2 N–H and O–H groups in total. The number of nitrogens with one attached hydrogen (secondary N) is 1. The summed E-state index contributed by atoms with van der Waals surface area (Å²) in [6.45, 7) is 9.42. The molecule has 2 amide bonds. The van der Waals surface area contributed by atoms with Crippen molar-refractivity contribution < 1.29 is 23.5 Å². The molecule has 3 aliphatic rings. The smallest absolute Gasteiger partial charge is 0.258 e. The van der Waals surface area contributed by atoms with Crippen LogP contribution in [0.1, 0.15) is 56.0 Å². The molecule has 42 heavy (non-hydrogen) atoms. The van der Waals surface area contributed by atoms with Crippen LogP contribution >= 0.6 is 36.7 Å². The number of piperidine rings is 1. The number of hydrogen-bond acceptors (Lipinski definition) is 5. The van der Waals surface area contributed by atoms with Crippen LogP contribution in [-0.2, 0) is 10.4 Å². The minimum atomic E-state index is -2.02. The number of halogens is 4. The van der Waals surface area contributed by atoms with Gasteiger partial charge in [-0.1, -0.05) is 37.0 Å². The summed E-state index contributed by atoms with van der Waals surface area (Å²) in [4.78, 5) is 31.8. The van der Waals surface area contributed by atoms with Gasteiger partial charge in [0.25, 0.3) is 11.8 Å². The molecule has 2 aromatic rings. The van der Waals surface area contributed by atoms with Crippen LogP contribution < -0.4 is 5.32 Å². The highest BCUT2D eigenvalue weighted by atomic mass is 35.5. The molecule has 0 unspecified atom stereocenters. The van der Waals surface area contributed by atoms with Crippen molar-refractivity contribution in [1.29, 1.82) is 0 Å². The maximum atomic E-state index is 13.7. The minimum Gasteiger partial charge on any atom is -0.380 e. The lowest BCUT2D eigenvalue weighted by atomic mass is 9.91. The zero-order valence-electron chi connectivity index (χ0n) is 24.0. The van der Waals surface area contributed by atoms with Crippen molar-refractivity contribution in [3.05, 3.63) is 63.1 Å². The third kappa shape index (κ3) is 6.83. The van der Waals surface area contributed by atoms with Crippen LogP contribution in [0, 0.1) is 17.0 Å². The Balaban J connectivity index is 0.00000405. The van der Waals surface area contributed by atoms with Crippen LogP contribution in [-0.4, -0.2) is 83.0 Å². The van der Waals surface area contributed by atoms with E-state index < -0.39 is 23.1 Å². The van der Waals surface area contributed by atoms with E-state index in [1.807, 2.05) is 4.90 Å². The molecule has 3 heterocycles. The van der Waals surface area contributed by atoms with E-state index in [1.165, 1.54) is 6.92 Å². The molecule has 12 heteroatoms. The third-order valence-electron chi connectivity index (χ3n) is 8.61. The lowest BCUT2D eigenvalue weighted by molar-refractivity contribution is -0.152. The highest BCUT2D eigenvalue weighted by molar-refractivity contribution is 7.59. The summed E-state index contributed by atoms with van der Waals surface area (Å²) in [6.07, 6.45) is 2.40. The van der Waals surface area contributed by atoms with Crippen LogP contribution in [0.25, 0.3) is 0 Å². The van der Waals surface area contributed by atoms with E-state index >= 15 is 0 Å². The average molecular weight is 644 g/mol. The number of rotatable bonds is 6. The maximum Gasteiger partial charge on any atom is 0.258 e. The fraction of sp³-hybridized carbons (Fsp3) is 0.533. The fourth-order valence-corrected chi connectivity index (χ4v) is 6.79. The monoisotopic (exact) mass is 642 g/mol. The summed E-state index contributed by atoms with van der Waals surface area (Å²) < 4.78 is 27.3. The van der Waals surface area contributed by atoms with Gasteiger partial charge in [-0.3, -0.25) is 14.5 Å². The standard InChI is InChI=1S/C30H36Cl2F2N4O3.H2S/c1-29(2)6-9-37(17-29)27(39)26-24(31)13-21(14-25(26)32)35-22-15-38(16-22)23-4-7-36(8-5-23)28(40)30(3,41)18-10-19(33)12-20(34)11-18;/h10-14,22-23,35,41H,4-9,15-17H2,1-3H3;1H2/t30-;/m0./s1. The molecular weight excluding hydrogens is 605 g/mol. The molecule has 2 aromatic carbocycles. The van der Waals surface area contributed by atoms with Crippen molar-refractivity contribution in [1.82, 2.24) is 14.7 Å². The van der Waals surface area contributed by atoms with Gasteiger partial charge in [0.2, 0.25) is 0 Å². The van der Waals surface area contributed by atoms with Crippen molar-refractivity contribution in [3.63, 3.8) is 0 Å².